The number of hydrogen-bond acceptors (Lipinski definition) is 4. The molecule has 6 heteroatoms. The monoisotopic (exact) mass is 270 g/mol. The molecular formula is C11H8ClFN2OS. The third-order valence-corrected chi connectivity index (χ3v) is 3.19. The third-order valence-electron chi connectivity index (χ3n) is 1.94. The first-order valence-corrected chi connectivity index (χ1v) is 5.88. The van der Waals surface area contributed by atoms with Crippen LogP contribution in [0.25, 0.3) is 0 Å². The molecule has 0 unspecified atom stereocenters. The number of benzene rings is 1. The van der Waals surface area contributed by atoms with E-state index in [4.69, 9.17) is 16.3 Å². The fourth-order valence-corrected chi connectivity index (χ4v) is 2.40. The highest BCUT2D eigenvalue weighted by Crippen LogP contribution is 2.36. The van der Waals surface area contributed by atoms with Gasteiger partial charge in [-0.15, -0.1) is 0 Å². The first kappa shape index (κ1) is 12.1. The predicted octanol–water partition coefficient (Wildman–Crippen LogP) is 3.43. The van der Waals surface area contributed by atoms with Crippen molar-refractivity contribution in [2.24, 2.45) is 0 Å². The average molecular weight is 271 g/mol. The zero-order valence-corrected chi connectivity index (χ0v) is 10.4. The molecule has 88 valence electrons. The molecule has 0 saturated carbocycles. The summed E-state index contributed by atoms with van der Waals surface area (Å²) in [5.41, 5.74) is 0. The van der Waals surface area contributed by atoms with E-state index in [0.717, 1.165) is 4.90 Å². The number of aromatic nitrogens is 2. The maximum atomic E-state index is 13.0. The molecule has 1 heterocycles. The van der Waals surface area contributed by atoms with Gasteiger partial charge in [-0.25, -0.2) is 14.4 Å². The van der Waals surface area contributed by atoms with Crippen molar-refractivity contribution in [3.8, 4) is 5.75 Å². The lowest BCUT2D eigenvalue weighted by atomic mass is 10.4. The van der Waals surface area contributed by atoms with E-state index in [0.29, 0.717) is 10.8 Å². The van der Waals surface area contributed by atoms with Crippen LogP contribution in [0.5, 0.6) is 5.75 Å². The third kappa shape index (κ3) is 2.87. The minimum Gasteiger partial charge on any atom is -0.491 e. The van der Waals surface area contributed by atoms with Crippen molar-refractivity contribution < 1.29 is 9.13 Å². The number of rotatable bonds is 3. The lowest BCUT2D eigenvalue weighted by Crippen LogP contribution is -1.92. The molecule has 1 aromatic carbocycles. The zero-order chi connectivity index (χ0) is 12.3. The van der Waals surface area contributed by atoms with Crippen molar-refractivity contribution in [3.05, 3.63) is 41.6 Å². The van der Waals surface area contributed by atoms with Gasteiger partial charge in [0.1, 0.15) is 17.2 Å². The fraction of sp³-hybridized carbons (Fsp3) is 0.0909. The minimum atomic E-state index is -0.297. The maximum absolute atomic E-state index is 13.0. The normalized spacial score (nSPS) is 10.3. The van der Waals surface area contributed by atoms with Crippen LogP contribution >= 0.6 is 23.4 Å². The summed E-state index contributed by atoms with van der Waals surface area (Å²) in [7, 11) is 1.49. The summed E-state index contributed by atoms with van der Waals surface area (Å²) >= 11 is 7.13. The molecule has 0 saturated heterocycles. The van der Waals surface area contributed by atoms with Crippen LogP contribution < -0.4 is 4.74 Å². The summed E-state index contributed by atoms with van der Waals surface area (Å²) in [5, 5.41) is 0.791. The van der Waals surface area contributed by atoms with Crippen molar-refractivity contribution >= 4 is 23.4 Å². The molecule has 0 N–H and O–H groups in total. The van der Waals surface area contributed by atoms with E-state index in [1.165, 1.54) is 37.3 Å². The van der Waals surface area contributed by atoms with E-state index >= 15 is 0 Å². The summed E-state index contributed by atoms with van der Waals surface area (Å²) in [4.78, 5) is 8.59. The Morgan fingerprint density at radius 1 is 1.35 bits per heavy atom. The molecule has 2 rings (SSSR count). The van der Waals surface area contributed by atoms with Gasteiger partial charge >= 0.3 is 0 Å². The predicted molar refractivity (Wildman–Crippen MR) is 64.1 cm³/mol. The summed E-state index contributed by atoms with van der Waals surface area (Å²) < 4.78 is 18.1. The molecular weight excluding hydrogens is 263 g/mol. The Morgan fingerprint density at radius 3 is 2.88 bits per heavy atom. The van der Waals surface area contributed by atoms with E-state index in [-0.39, 0.29) is 11.0 Å². The van der Waals surface area contributed by atoms with Gasteiger partial charge < -0.3 is 4.74 Å². The van der Waals surface area contributed by atoms with Gasteiger partial charge in [0.25, 0.3) is 0 Å². The van der Waals surface area contributed by atoms with Crippen molar-refractivity contribution in [1.82, 2.24) is 9.97 Å². The molecule has 0 bridgehead atoms. The number of ether oxygens (including phenoxy) is 1. The Hall–Kier alpha value is -1.33. The van der Waals surface area contributed by atoms with Crippen LogP contribution in [0.2, 0.25) is 5.15 Å². The second-order valence-corrected chi connectivity index (χ2v) is 4.48. The van der Waals surface area contributed by atoms with E-state index in [1.807, 2.05) is 0 Å². The van der Waals surface area contributed by atoms with Crippen molar-refractivity contribution in [2.75, 3.05) is 7.11 Å². The summed E-state index contributed by atoms with van der Waals surface area (Å²) in [6.07, 6.45) is 1.34. The minimum absolute atomic E-state index is 0.237. The van der Waals surface area contributed by atoms with Gasteiger partial charge in [-0.2, -0.15) is 0 Å². The lowest BCUT2D eigenvalue weighted by Gasteiger charge is -2.07. The largest absolute Gasteiger partial charge is 0.491 e. The smallest absolute Gasteiger partial charge is 0.188 e. The Morgan fingerprint density at radius 2 is 2.18 bits per heavy atom. The van der Waals surface area contributed by atoms with Crippen molar-refractivity contribution in [2.45, 2.75) is 9.92 Å². The Labute approximate surface area is 107 Å². The van der Waals surface area contributed by atoms with Crippen LogP contribution in [0.1, 0.15) is 0 Å². The van der Waals surface area contributed by atoms with Crippen LogP contribution in [-0.4, -0.2) is 17.1 Å². The maximum Gasteiger partial charge on any atom is 0.188 e. The quantitative estimate of drug-likeness (QED) is 0.801. The Balaban J connectivity index is 2.33. The van der Waals surface area contributed by atoms with Gasteiger partial charge in [0.05, 0.1) is 7.11 Å². The summed E-state index contributed by atoms with van der Waals surface area (Å²) in [5.74, 6) is 0.0950. The molecule has 0 amide bonds. The molecule has 0 fully saturated rings. The number of hydrogen-bond donors (Lipinski definition) is 0. The molecule has 0 spiro atoms. The Kier molecular flexibility index (Phi) is 3.81. The van der Waals surface area contributed by atoms with Gasteiger partial charge in [-0.3, -0.25) is 0 Å². The van der Waals surface area contributed by atoms with Crippen LogP contribution in [0.4, 0.5) is 4.39 Å². The van der Waals surface area contributed by atoms with Gasteiger partial charge in [-0.05, 0) is 18.2 Å². The van der Waals surface area contributed by atoms with Crippen LogP contribution in [0, 0.1) is 5.82 Å². The molecule has 0 radical (unpaired) electrons. The fourth-order valence-electron chi connectivity index (χ4n) is 1.22. The molecule has 3 nitrogen and oxygen atoms in total. The first-order valence-electron chi connectivity index (χ1n) is 4.68. The molecule has 17 heavy (non-hydrogen) atoms. The van der Waals surface area contributed by atoms with Gasteiger partial charge in [0.2, 0.25) is 0 Å². The standard InChI is InChI=1S/C11H8ClFN2OS/c1-16-9-10(12)14-6-15-11(9)17-8-4-2-3-7(13)5-8/h2-6H,1H3. The topological polar surface area (TPSA) is 35.0 Å². The van der Waals surface area contributed by atoms with E-state index in [2.05, 4.69) is 9.97 Å². The summed E-state index contributed by atoms with van der Waals surface area (Å²) in [6, 6.07) is 6.21. The molecule has 1 aromatic heterocycles. The first-order chi connectivity index (χ1) is 8.20. The summed E-state index contributed by atoms with van der Waals surface area (Å²) in [6.45, 7) is 0. The highest BCUT2D eigenvalue weighted by atomic mass is 35.5. The second-order valence-electron chi connectivity index (χ2n) is 3.06. The highest BCUT2D eigenvalue weighted by Gasteiger charge is 2.11. The lowest BCUT2D eigenvalue weighted by molar-refractivity contribution is 0.398. The van der Waals surface area contributed by atoms with E-state index in [1.54, 1.807) is 12.1 Å². The SMILES string of the molecule is COc1c(Cl)ncnc1Sc1cccc(F)c1. The van der Waals surface area contributed by atoms with Crippen LogP contribution in [-0.2, 0) is 0 Å². The molecule has 2 aromatic rings. The van der Waals surface area contributed by atoms with Gasteiger partial charge in [0, 0.05) is 4.90 Å². The van der Waals surface area contributed by atoms with Gasteiger partial charge in [-0.1, -0.05) is 29.4 Å². The van der Waals surface area contributed by atoms with Crippen molar-refractivity contribution in [3.63, 3.8) is 0 Å². The average Bonchev–Trinajstić information content (AvgIpc) is 2.29. The van der Waals surface area contributed by atoms with Gasteiger partial charge in [0.15, 0.2) is 10.9 Å². The number of halogens is 2. The van der Waals surface area contributed by atoms with Crippen molar-refractivity contribution in [1.29, 1.82) is 0 Å². The second kappa shape index (κ2) is 5.33. The van der Waals surface area contributed by atoms with Crippen LogP contribution in [0.3, 0.4) is 0 Å². The van der Waals surface area contributed by atoms with E-state index < -0.39 is 0 Å². The van der Waals surface area contributed by atoms with E-state index in [9.17, 15) is 4.39 Å². The molecule has 0 aliphatic heterocycles. The molecule has 0 atom stereocenters. The van der Waals surface area contributed by atoms with Crippen LogP contribution in [0.15, 0.2) is 40.5 Å². The Bertz CT molecular complexity index is 539. The molecule has 0 aliphatic rings. The molecule has 0 aliphatic carbocycles. The zero-order valence-electron chi connectivity index (χ0n) is 8.85. The number of nitrogens with zero attached hydrogens (tertiary/aromatic N) is 2. The number of methoxy groups -OCH3 is 1. The highest BCUT2D eigenvalue weighted by molar-refractivity contribution is 7.99.